The second kappa shape index (κ2) is 3.65. The fourth-order valence-corrected chi connectivity index (χ4v) is 1.10. The summed E-state index contributed by atoms with van der Waals surface area (Å²) in [5.41, 5.74) is -2.66. The molecule has 3 nitrogen and oxygen atoms in total. The Hall–Kier alpha value is -1.37. The minimum Gasteiger partial charge on any atom is -0.258 e. The highest BCUT2D eigenvalue weighted by atomic mass is 35.5. The van der Waals surface area contributed by atoms with E-state index in [2.05, 4.69) is 0 Å². The van der Waals surface area contributed by atoms with Crippen LogP contribution in [0.25, 0.3) is 0 Å². The van der Waals surface area contributed by atoms with Crippen LogP contribution >= 0.6 is 11.6 Å². The van der Waals surface area contributed by atoms with Gasteiger partial charge in [0.05, 0.1) is 15.5 Å². The maximum absolute atomic E-state index is 12.9. The van der Waals surface area contributed by atoms with Gasteiger partial charge >= 0.3 is 6.18 Å². The zero-order valence-electron chi connectivity index (χ0n) is 6.81. The second-order valence-electron chi connectivity index (χ2n) is 2.54. The van der Waals surface area contributed by atoms with Gasteiger partial charge < -0.3 is 0 Å². The van der Waals surface area contributed by atoms with Gasteiger partial charge in [0, 0.05) is 12.1 Å². The van der Waals surface area contributed by atoms with Gasteiger partial charge in [0.15, 0.2) is 5.82 Å². The fourth-order valence-electron chi connectivity index (χ4n) is 0.886. The van der Waals surface area contributed by atoms with E-state index < -0.39 is 33.2 Å². The zero-order valence-corrected chi connectivity index (χ0v) is 7.56. The molecule has 0 radical (unpaired) electrons. The molecule has 0 fully saturated rings. The van der Waals surface area contributed by atoms with Gasteiger partial charge in [-0.1, -0.05) is 11.6 Å². The smallest absolute Gasteiger partial charge is 0.258 e. The van der Waals surface area contributed by atoms with Crippen LogP contribution in [0, 0.1) is 15.9 Å². The van der Waals surface area contributed by atoms with Crippen molar-refractivity contribution in [3.63, 3.8) is 0 Å². The molecule has 0 heterocycles. The van der Waals surface area contributed by atoms with Crippen LogP contribution < -0.4 is 0 Å². The number of alkyl halides is 3. The summed E-state index contributed by atoms with van der Waals surface area (Å²) in [7, 11) is 0. The largest absolute Gasteiger partial charge is 0.419 e. The summed E-state index contributed by atoms with van der Waals surface area (Å²) in [6.45, 7) is 0. The van der Waals surface area contributed by atoms with Crippen LogP contribution in [0.15, 0.2) is 12.1 Å². The summed E-state index contributed by atoms with van der Waals surface area (Å²) < 4.78 is 49.3. The Labute approximate surface area is 85.4 Å². The van der Waals surface area contributed by atoms with Crippen molar-refractivity contribution >= 4 is 17.3 Å². The van der Waals surface area contributed by atoms with E-state index >= 15 is 0 Å². The predicted molar refractivity (Wildman–Crippen MR) is 43.1 cm³/mol. The lowest BCUT2D eigenvalue weighted by atomic mass is 10.2. The summed E-state index contributed by atoms with van der Waals surface area (Å²) in [6, 6.07) is 0.618. The molecule has 0 aliphatic heterocycles. The first-order chi connectivity index (χ1) is 6.73. The van der Waals surface area contributed by atoms with Crippen molar-refractivity contribution < 1.29 is 22.5 Å². The number of hydrogen-bond acceptors (Lipinski definition) is 2. The van der Waals surface area contributed by atoms with E-state index in [0.29, 0.717) is 6.07 Å². The first kappa shape index (κ1) is 11.7. The SMILES string of the molecule is O=[N+]([O-])c1cc(Cl)c(F)c(C(F)(F)F)c1. The van der Waals surface area contributed by atoms with Crippen LogP contribution in [-0.4, -0.2) is 4.92 Å². The first-order valence-corrected chi connectivity index (χ1v) is 3.82. The van der Waals surface area contributed by atoms with Crippen molar-refractivity contribution in [1.82, 2.24) is 0 Å². The second-order valence-corrected chi connectivity index (χ2v) is 2.95. The van der Waals surface area contributed by atoms with Crippen LogP contribution in [-0.2, 0) is 6.18 Å². The molecule has 0 unspecified atom stereocenters. The Bertz CT molecular complexity index is 418. The monoisotopic (exact) mass is 243 g/mol. The topological polar surface area (TPSA) is 43.1 Å². The number of non-ortho nitro benzene ring substituents is 1. The van der Waals surface area contributed by atoms with Crippen LogP contribution in [0.2, 0.25) is 5.02 Å². The summed E-state index contributed by atoms with van der Waals surface area (Å²) >= 11 is 5.09. The molecule has 15 heavy (non-hydrogen) atoms. The quantitative estimate of drug-likeness (QED) is 0.431. The number of rotatable bonds is 1. The molecule has 8 heteroatoms. The normalized spacial score (nSPS) is 11.5. The van der Waals surface area contributed by atoms with Gasteiger partial charge in [-0.25, -0.2) is 4.39 Å². The van der Waals surface area contributed by atoms with Gasteiger partial charge in [-0.3, -0.25) is 10.1 Å². The Morgan fingerprint density at radius 1 is 1.33 bits per heavy atom. The summed E-state index contributed by atoms with van der Waals surface area (Å²) in [5.74, 6) is -1.71. The predicted octanol–water partition coefficient (Wildman–Crippen LogP) is 3.41. The van der Waals surface area contributed by atoms with E-state index in [0.717, 1.165) is 0 Å². The molecule has 0 aromatic heterocycles. The van der Waals surface area contributed by atoms with Crippen LogP contribution in [0.1, 0.15) is 5.56 Å². The Morgan fingerprint density at radius 2 is 1.87 bits per heavy atom. The highest BCUT2D eigenvalue weighted by molar-refractivity contribution is 6.31. The maximum atomic E-state index is 12.9. The first-order valence-electron chi connectivity index (χ1n) is 3.44. The van der Waals surface area contributed by atoms with E-state index in [1.807, 2.05) is 0 Å². The zero-order chi connectivity index (χ0) is 11.8. The van der Waals surface area contributed by atoms with Crippen molar-refractivity contribution in [2.45, 2.75) is 6.18 Å². The third-order valence-electron chi connectivity index (χ3n) is 1.53. The molecule has 1 aromatic carbocycles. The maximum Gasteiger partial charge on any atom is 0.419 e. The lowest BCUT2D eigenvalue weighted by molar-refractivity contribution is -0.385. The van der Waals surface area contributed by atoms with Crippen molar-refractivity contribution in [2.24, 2.45) is 0 Å². The lowest BCUT2D eigenvalue weighted by Crippen LogP contribution is -2.09. The molecule has 82 valence electrons. The minimum absolute atomic E-state index is 0.0984. The van der Waals surface area contributed by atoms with Gasteiger partial charge in [-0.2, -0.15) is 13.2 Å². The van der Waals surface area contributed by atoms with E-state index in [1.54, 1.807) is 0 Å². The summed E-state index contributed by atoms with van der Waals surface area (Å²) in [6.07, 6.45) is -5.01. The average molecular weight is 244 g/mol. The molecule has 1 rings (SSSR count). The standard InChI is InChI=1S/C7H2ClF4NO2/c8-5-2-3(13(14)15)1-4(6(5)9)7(10,11)12/h1-2H. The van der Waals surface area contributed by atoms with Gasteiger partial charge in [-0.15, -0.1) is 0 Å². The Balaban J connectivity index is 3.45. The number of nitrogens with zero attached hydrogens (tertiary/aromatic N) is 1. The third kappa shape index (κ3) is 2.35. The van der Waals surface area contributed by atoms with Crippen molar-refractivity contribution in [2.75, 3.05) is 0 Å². The molecule has 0 saturated heterocycles. The summed E-state index contributed by atoms with van der Waals surface area (Å²) in [4.78, 5) is 9.12. The van der Waals surface area contributed by atoms with Gasteiger partial charge in [0.2, 0.25) is 0 Å². The van der Waals surface area contributed by atoms with E-state index in [1.165, 1.54) is 0 Å². The van der Waals surface area contributed by atoms with Gasteiger partial charge in [0.25, 0.3) is 5.69 Å². The molecule has 1 aromatic rings. The van der Waals surface area contributed by atoms with Crippen LogP contribution in [0.3, 0.4) is 0 Å². The van der Waals surface area contributed by atoms with E-state index in [-0.39, 0.29) is 6.07 Å². The van der Waals surface area contributed by atoms with E-state index in [9.17, 15) is 27.7 Å². The molecule has 0 spiro atoms. The molecule has 0 bridgehead atoms. The molecular weight excluding hydrogens is 242 g/mol. The van der Waals surface area contributed by atoms with Crippen molar-refractivity contribution in [3.05, 3.63) is 38.7 Å². The highest BCUT2D eigenvalue weighted by Gasteiger charge is 2.37. The van der Waals surface area contributed by atoms with Crippen LogP contribution in [0.5, 0.6) is 0 Å². The number of halogens is 5. The molecular formula is C7H2ClF4NO2. The Kier molecular flexibility index (Phi) is 2.85. The average Bonchev–Trinajstić information content (AvgIpc) is 2.06. The highest BCUT2D eigenvalue weighted by Crippen LogP contribution is 2.36. The third-order valence-corrected chi connectivity index (χ3v) is 1.80. The number of nitro benzene ring substituents is 1. The van der Waals surface area contributed by atoms with Crippen molar-refractivity contribution in [1.29, 1.82) is 0 Å². The molecule has 0 aliphatic carbocycles. The molecule has 0 amide bonds. The Morgan fingerprint density at radius 3 is 2.27 bits per heavy atom. The molecule has 0 saturated carbocycles. The fraction of sp³-hybridized carbons (Fsp3) is 0.143. The molecule has 0 atom stereocenters. The molecule has 0 N–H and O–H groups in total. The van der Waals surface area contributed by atoms with Gasteiger partial charge in [-0.05, 0) is 0 Å². The number of hydrogen-bond donors (Lipinski definition) is 0. The minimum atomic E-state index is -5.01. The van der Waals surface area contributed by atoms with E-state index in [4.69, 9.17) is 11.6 Å². The number of benzene rings is 1. The lowest BCUT2D eigenvalue weighted by Gasteiger charge is -2.08. The molecule has 0 aliphatic rings. The number of nitro groups is 1. The van der Waals surface area contributed by atoms with Crippen molar-refractivity contribution in [3.8, 4) is 0 Å². The summed E-state index contributed by atoms with van der Waals surface area (Å²) in [5, 5.41) is 9.27. The van der Waals surface area contributed by atoms with Gasteiger partial charge in [0.1, 0.15) is 0 Å². The van der Waals surface area contributed by atoms with Crippen LogP contribution in [0.4, 0.5) is 23.2 Å².